The van der Waals surface area contributed by atoms with Gasteiger partial charge >= 0.3 is 17.9 Å². The second-order valence-electron chi connectivity index (χ2n) is 8.56. The lowest BCUT2D eigenvalue weighted by Crippen LogP contribution is -2.39. The Hall–Kier alpha value is -2.45. The van der Waals surface area contributed by atoms with Crippen molar-refractivity contribution < 1.29 is 38.4 Å². The monoisotopic (exact) mass is 418 g/mol. The van der Waals surface area contributed by atoms with E-state index in [0.29, 0.717) is 13.0 Å². The summed E-state index contributed by atoms with van der Waals surface area (Å²) in [6, 6.07) is 0. The summed E-state index contributed by atoms with van der Waals surface area (Å²) in [5.41, 5.74) is 0.861. The number of aliphatic hydroxyl groups excluding tert-OH is 1. The van der Waals surface area contributed by atoms with Crippen molar-refractivity contribution in [2.45, 2.75) is 51.1 Å². The Bertz CT molecular complexity index is 864. The first-order valence-electron chi connectivity index (χ1n) is 10.1. The molecule has 4 aliphatic rings. The van der Waals surface area contributed by atoms with Gasteiger partial charge in [-0.2, -0.15) is 0 Å². The van der Waals surface area contributed by atoms with Crippen molar-refractivity contribution in [1.82, 2.24) is 0 Å². The molecular formula is C22H26O8. The molecule has 3 fully saturated rings. The molecule has 2 saturated heterocycles. The summed E-state index contributed by atoms with van der Waals surface area (Å²) >= 11 is 0. The summed E-state index contributed by atoms with van der Waals surface area (Å²) in [5, 5.41) is 10.7. The molecule has 7 atom stereocenters. The molecule has 2 aliphatic carbocycles. The van der Waals surface area contributed by atoms with Crippen molar-refractivity contribution in [3.8, 4) is 0 Å². The minimum absolute atomic E-state index is 0.0331. The van der Waals surface area contributed by atoms with E-state index in [0.717, 1.165) is 5.57 Å². The number of carbonyl (C=O) groups excluding carboxylic acids is 3. The van der Waals surface area contributed by atoms with E-state index in [4.69, 9.17) is 18.9 Å². The van der Waals surface area contributed by atoms with Gasteiger partial charge in [0.25, 0.3) is 0 Å². The zero-order valence-corrected chi connectivity index (χ0v) is 17.3. The van der Waals surface area contributed by atoms with E-state index in [1.54, 1.807) is 13.0 Å². The van der Waals surface area contributed by atoms with E-state index in [1.165, 1.54) is 13.0 Å². The van der Waals surface area contributed by atoms with Gasteiger partial charge in [-0.3, -0.25) is 4.79 Å². The number of hydrogen-bond donors (Lipinski definition) is 1. The summed E-state index contributed by atoms with van der Waals surface area (Å²) < 4.78 is 22.1. The van der Waals surface area contributed by atoms with Crippen LogP contribution >= 0.6 is 0 Å². The predicted molar refractivity (Wildman–Crippen MR) is 103 cm³/mol. The number of ether oxygens (including phenoxy) is 4. The summed E-state index contributed by atoms with van der Waals surface area (Å²) in [7, 11) is 0. The average molecular weight is 418 g/mol. The van der Waals surface area contributed by atoms with Crippen LogP contribution in [-0.4, -0.2) is 60.1 Å². The number of aliphatic hydroxyl groups is 1. The minimum Gasteiger partial charge on any atom is -0.462 e. The van der Waals surface area contributed by atoms with Crippen LogP contribution in [0.1, 0.15) is 27.2 Å². The van der Waals surface area contributed by atoms with Crippen LogP contribution in [0.3, 0.4) is 0 Å². The number of epoxide rings is 1. The van der Waals surface area contributed by atoms with E-state index in [9.17, 15) is 19.5 Å². The highest BCUT2D eigenvalue weighted by molar-refractivity contribution is 5.92. The van der Waals surface area contributed by atoms with Crippen LogP contribution in [0.15, 0.2) is 35.5 Å². The quantitative estimate of drug-likeness (QED) is 0.239. The molecule has 0 aromatic heterocycles. The Labute approximate surface area is 174 Å². The third-order valence-corrected chi connectivity index (χ3v) is 6.66. The second-order valence-corrected chi connectivity index (χ2v) is 8.56. The molecular weight excluding hydrogens is 392 g/mol. The number of carbonyl (C=O) groups is 3. The fraction of sp³-hybridized carbons (Fsp3) is 0.591. The van der Waals surface area contributed by atoms with Crippen molar-refractivity contribution in [1.29, 1.82) is 0 Å². The van der Waals surface area contributed by atoms with E-state index in [1.807, 2.05) is 6.92 Å². The van der Waals surface area contributed by atoms with Gasteiger partial charge in [-0.25, -0.2) is 9.59 Å². The fourth-order valence-corrected chi connectivity index (χ4v) is 5.14. The molecule has 7 unspecified atom stereocenters. The predicted octanol–water partition coefficient (Wildman–Crippen LogP) is 1.23. The molecule has 1 N–H and O–H groups in total. The standard InChI is InChI=1S/C22H26O8/c1-10(5-6-27-13(4)23)20(25)29-15-8-22(9-28-22)18-14(24)7-11(2)16(18)19-17(15)12(3)21(26)30-19/h5,7,14-19,24H,3,6,8-9H2,1-2,4H3. The lowest BCUT2D eigenvalue weighted by atomic mass is 9.77. The van der Waals surface area contributed by atoms with Gasteiger partial charge in [-0.1, -0.05) is 18.2 Å². The van der Waals surface area contributed by atoms with Crippen LogP contribution in [0, 0.1) is 17.8 Å². The topological polar surface area (TPSA) is 112 Å². The first-order valence-corrected chi connectivity index (χ1v) is 10.1. The number of fused-ring (bicyclic) bond motifs is 4. The first-order chi connectivity index (χ1) is 14.1. The highest BCUT2D eigenvalue weighted by Crippen LogP contribution is 2.58. The maximum Gasteiger partial charge on any atom is 0.334 e. The molecule has 162 valence electrons. The van der Waals surface area contributed by atoms with Gasteiger partial charge in [0.1, 0.15) is 24.4 Å². The Morgan fingerprint density at radius 1 is 1.37 bits per heavy atom. The second kappa shape index (κ2) is 7.35. The molecule has 1 spiro atoms. The van der Waals surface area contributed by atoms with Gasteiger partial charge in [-0.15, -0.1) is 0 Å². The third-order valence-electron chi connectivity index (χ3n) is 6.66. The number of rotatable bonds is 4. The van der Waals surface area contributed by atoms with Gasteiger partial charge in [0.15, 0.2) is 0 Å². The van der Waals surface area contributed by atoms with Gasteiger partial charge in [0, 0.05) is 36.3 Å². The Morgan fingerprint density at radius 3 is 2.70 bits per heavy atom. The first kappa shape index (κ1) is 20.8. The molecule has 4 rings (SSSR count). The highest BCUT2D eigenvalue weighted by Gasteiger charge is 2.67. The molecule has 8 heteroatoms. The Morgan fingerprint density at radius 2 is 2.07 bits per heavy atom. The van der Waals surface area contributed by atoms with Crippen LogP contribution in [0.5, 0.6) is 0 Å². The van der Waals surface area contributed by atoms with Crippen LogP contribution in [0.25, 0.3) is 0 Å². The third kappa shape index (κ3) is 3.37. The van der Waals surface area contributed by atoms with Crippen molar-refractivity contribution in [2.75, 3.05) is 13.2 Å². The molecule has 0 amide bonds. The fourth-order valence-electron chi connectivity index (χ4n) is 5.14. The van der Waals surface area contributed by atoms with Gasteiger partial charge in [-0.05, 0) is 19.9 Å². The molecule has 0 aromatic rings. The summed E-state index contributed by atoms with van der Waals surface area (Å²) in [4.78, 5) is 35.9. The van der Waals surface area contributed by atoms with Crippen molar-refractivity contribution in [3.63, 3.8) is 0 Å². The van der Waals surface area contributed by atoms with Crippen molar-refractivity contribution in [3.05, 3.63) is 35.5 Å². The van der Waals surface area contributed by atoms with E-state index >= 15 is 0 Å². The highest BCUT2D eigenvalue weighted by atomic mass is 16.6. The zero-order valence-electron chi connectivity index (χ0n) is 17.3. The van der Waals surface area contributed by atoms with Crippen LogP contribution in [0.4, 0.5) is 0 Å². The van der Waals surface area contributed by atoms with Gasteiger partial charge in [0.05, 0.1) is 18.6 Å². The largest absolute Gasteiger partial charge is 0.462 e. The Kier molecular flexibility index (Phi) is 5.10. The molecule has 2 aliphatic heterocycles. The van der Waals surface area contributed by atoms with E-state index in [-0.39, 0.29) is 29.6 Å². The van der Waals surface area contributed by atoms with Gasteiger partial charge in [0.2, 0.25) is 0 Å². The number of hydrogen-bond acceptors (Lipinski definition) is 8. The van der Waals surface area contributed by atoms with Crippen LogP contribution in [0.2, 0.25) is 0 Å². The molecule has 0 aromatic carbocycles. The molecule has 8 nitrogen and oxygen atoms in total. The molecule has 30 heavy (non-hydrogen) atoms. The summed E-state index contributed by atoms with van der Waals surface area (Å²) in [6.07, 6.45) is 1.62. The lowest BCUT2D eigenvalue weighted by molar-refractivity contribution is -0.149. The SMILES string of the molecule is C=C1C(=O)OC2C1C(OC(=O)C(C)=CCOC(C)=O)CC1(CO1)C1C(O)C=C(C)C21. The summed E-state index contributed by atoms with van der Waals surface area (Å²) in [5.74, 6) is -2.54. The van der Waals surface area contributed by atoms with Gasteiger partial charge < -0.3 is 24.1 Å². The minimum atomic E-state index is -0.717. The van der Waals surface area contributed by atoms with Crippen molar-refractivity contribution in [2.24, 2.45) is 17.8 Å². The zero-order chi connectivity index (χ0) is 21.8. The van der Waals surface area contributed by atoms with Crippen LogP contribution in [-0.2, 0) is 33.3 Å². The van der Waals surface area contributed by atoms with Crippen LogP contribution < -0.4 is 0 Å². The van der Waals surface area contributed by atoms with E-state index < -0.39 is 47.7 Å². The van der Waals surface area contributed by atoms with Crippen molar-refractivity contribution >= 4 is 17.9 Å². The lowest BCUT2D eigenvalue weighted by Gasteiger charge is -2.30. The molecule has 2 heterocycles. The number of esters is 3. The smallest absolute Gasteiger partial charge is 0.334 e. The molecule has 1 saturated carbocycles. The normalized spacial score (nSPS) is 39.6. The average Bonchev–Trinajstić information content (AvgIpc) is 3.30. The van der Waals surface area contributed by atoms with E-state index in [2.05, 4.69) is 6.58 Å². The molecule has 0 radical (unpaired) electrons. The maximum atomic E-state index is 12.7. The summed E-state index contributed by atoms with van der Waals surface area (Å²) in [6.45, 7) is 9.07. The molecule has 0 bridgehead atoms. The Balaban J connectivity index is 1.61. The maximum absolute atomic E-state index is 12.7.